The van der Waals surface area contributed by atoms with E-state index in [9.17, 15) is 14.4 Å². The minimum absolute atomic E-state index is 0.00173. The summed E-state index contributed by atoms with van der Waals surface area (Å²) >= 11 is 6.16. The van der Waals surface area contributed by atoms with E-state index in [1.165, 1.54) is 6.33 Å². The van der Waals surface area contributed by atoms with Crippen molar-refractivity contribution in [1.82, 2.24) is 19.8 Å². The summed E-state index contributed by atoms with van der Waals surface area (Å²) < 4.78 is 1.58. The van der Waals surface area contributed by atoms with Crippen molar-refractivity contribution < 1.29 is 14.4 Å². The number of hydrogen-bond donors (Lipinski definition) is 2. The number of aromatic nitrogens is 2. The number of benzene rings is 2. The van der Waals surface area contributed by atoms with Crippen LogP contribution in [0, 0.1) is 6.92 Å². The molecule has 1 atom stereocenters. The Morgan fingerprint density at radius 3 is 2.54 bits per heavy atom. The van der Waals surface area contributed by atoms with Crippen molar-refractivity contribution >= 4 is 35.0 Å². The van der Waals surface area contributed by atoms with E-state index < -0.39 is 17.4 Å². The van der Waals surface area contributed by atoms with E-state index in [2.05, 4.69) is 15.6 Å². The van der Waals surface area contributed by atoms with Crippen LogP contribution in [0.2, 0.25) is 5.02 Å². The third-order valence-corrected chi connectivity index (χ3v) is 6.54. The number of hydrogen-bond acceptors (Lipinski definition) is 4. The van der Waals surface area contributed by atoms with Gasteiger partial charge >= 0.3 is 0 Å². The number of carbonyl (C=O) groups excluding carboxylic acids is 3. The Hall–Kier alpha value is -3.65. The molecular formula is C26H28ClN5O3. The molecule has 1 aliphatic rings. The first kappa shape index (κ1) is 24.5. The molecule has 0 radical (unpaired) electrons. The molecule has 182 valence electrons. The van der Waals surface area contributed by atoms with Gasteiger partial charge in [-0.3, -0.25) is 14.4 Å². The monoisotopic (exact) mass is 493 g/mol. The second-order valence-corrected chi connectivity index (χ2v) is 9.31. The van der Waals surface area contributed by atoms with Gasteiger partial charge in [-0.25, -0.2) is 4.98 Å². The summed E-state index contributed by atoms with van der Waals surface area (Å²) in [5.41, 5.74) is 1.56. The predicted octanol–water partition coefficient (Wildman–Crippen LogP) is 4.04. The molecule has 0 spiro atoms. The number of rotatable bonds is 7. The van der Waals surface area contributed by atoms with Gasteiger partial charge in [0, 0.05) is 13.1 Å². The molecule has 35 heavy (non-hydrogen) atoms. The molecule has 2 aromatic carbocycles. The van der Waals surface area contributed by atoms with Gasteiger partial charge in [-0.1, -0.05) is 60.5 Å². The standard InChI is InChI=1S/C26H28ClN5O3/c1-4-13-32-24(34)22-21(23(33)30-20-8-6-5-7-19(20)27)29-16-31(22)15-26(32,3)25(35)28-14-18-11-9-17(2)10-12-18/h5-12,16H,4,13-15H2,1-3H3,(H,28,35)(H,30,33)/t26-/m1/s1. The van der Waals surface area contributed by atoms with E-state index in [4.69, 9.17) is 11.6 Å². The van der Waals surface area contributed by atoms with E-state index in [-0.39, 0.29) is 23.8 Å². The lowest BCUT2D eigenvalue weighted by atomic mass is 9.93. The Bertz CT molecular complexity index is 1270. The van der Waals surface area contributed by atoms with E-state index in [0.29, 0.717) is 30.2 Å². The number of amides is 3. The quantitative estimate of drug-likeness (QED) is 0.519. The fraction of sp³-hybridized carbons (Fsp3) is 0.308. The maximum Gasteiger partial charge on any atom is 0.276 e. The number of nitrogens with one attached hydrogen (secondary N) is 2. The van der Waals surface area contributed by atoms with Gasteiger partial charge in [0.15, 0.2) is 5.69 Å². The van der Waals surface area contributed by atoms with Crippen LogP contribution in [-0.2, 0) is 17.9 Å². The molecule has 1 aliphatic heterocycles. The average molecular weight is 494 g/mol. The van der Waals surface area contributed by atoms with Gasteiger partial charge in [0.25, 0.3) is 11.8 Å². The van der Waals surface area contributed by atoms with Gasteiger partial charge in [0.2, 0.25) is 5.91 Å². The Morgan fingerprint density at radius 2 is 1.86 bits per heavy atom. The molecule has 3 aromatic rings. The zero-order valence-electron chi connectivity index (χ0n) is 20.0. The van der Waals surface area contributed by atoms with Gasteiger partial charge in [-0.05, 0) is 38.0 Å². The number of imidazole rings is 1. The fourth-order valence-electron chi connectivity index (χ4n) is 4.25. The number of halogens is 1. The highest BCUT2D eigenvalue weighted by Crippen LogP contribution is 2.30. The highest BCUT2D eigenvalue weighted by molar-refractivity contribution is 6.34. The Kier molecular flexibility index (Phi) is 6.93. The lowest BCUT2D eigenvalue weighted by Crippen LogP contribution is -2.64. The van der Waals surface area contributed by atoms with Crippen molar-refractivity contribution in [2.45, 2.75) is 45.8 Å². The second kappa shape index (κ2) is 9.92. The first-order valence-electron chi connectivity index (χ1n) is 11.5. The van der Waals surface area contributed by atoms with Gasteiger partial charge in [-0.2, -0.15) is 0 Å². The van der Waals surface area contributed by atoms with Gasteiger partial charge < -0.3 is 20.1 Å². The zero-order chi connectivity index (χ0) is 25.2. The smallest absolute Gasteiger partial charge is 0.276 e. The number of para-hydroxylation sites is 1. The molecule has 4 rings (SSSR count). The van der Waals surface area contributed by atoms with Crippen LogP contribution < -0.4 is 10.6 Å². The maximum absolute atomic E-state index is 13.6. The summed E-state index contributed by atoms with van der Waals surface area (Å²) in [6.07, 6.45) is 2.09. The van der Waals surface area contributed by atoms with Crippen LogP contribution in [-0.4, -0.2) is 44.3 Å². The molecule has 0 aliphatic carbocycles. The van der Waals surface area contributed by atoms with E-state index in [1.807, 2.05) is 38.1 Å². The Balaban J connectivity index is 1.59. The molecule has 0 bridgehead atoms. The van der Waals surface area contributed by atoms with Crippen molar-refractivity contribution in [2.24, 2.45) is 0 Å². The van der Waals surface area contributed by atoms with Crippen LogP contribution in [0.4, 0.5) is 5.69 Å². The first-order valence-corrected chi connectivity index (χ1v) is 11.9. The van der Waals surface area contributed by atoms with Crippen LogP contribution in [0.15, 0.2) is 54.9 Å². The molecule has 0 fully saturated rings. The van der Waals surface area contributed by atoms with Crippen LogP contribution in [0.5, 0.6) is 0 Å². The van der Waals surface area contributed by atoms with E-state index >= 15 is 0 Å². The molecule has 1 aromatic heterocycles. The maximum atomic E-state index is 13.6. The Labute approximate surface area is 209 Å². The summed E-state index contributed by atoms with van der Waals surface area (Å²) in [4.78, 5) is 45.8. The van der Waals surface area contributed by atoms with Crippen molar-refractivity contribution in [2.75, 3.05) is 11.9 Å². The average Bonchev–Trinajstić information content (AvgIpc) is 3.26. The summed E-state index contributed by atoms with van der Waals surface area (Å²) in [6.45, 7) is 6.59. The van der Waals surface area contributed by atoms with Crippen LogP contribution >= 0.6 is 11.6 Å². The second-order valence-electron chi connectivity index (χ2n) is 8.90. The lowest BCUT2D eigenvalue weighted by molar-refractivity contribution is -0.133. The molecular weight excluding hydrogens is 466 g/mol. The predicted molar refractivity (Wildman–Crippen MR) is 134 cm³/mol. The normalized spacial score (nSPS) is 17.1. The van der Waals surface area contributed by atoms with Crippen LogP contribution in [0.1, 0.15) is 52.4 Å². The summed E-state index contributed by atoms with van der Waals surface area (Å²) in [7, 11) is 0. The van der Waals surface area contributed by atoms with E-state index in [0.717, 1.165) is 11.1 Å². The lowest BCUT2D eigenvalue weighted by Gasteiger charge is -2.43. The van der Waals surface area contributed by atoms with Crippen molar-refractivity contribution in [3.63, 3.8) is 0 Å². The van der Waals surface area contributed by atoms with Crippen molar-refractivity contribution in [3.05, 3.63) is 82.4 Å². The zero-order valence-corrected chi connectivity index (χ0v) is 20.7. The van der Waals surface area contributed by atoms with Crippen molar-refractivity contribution in [3.8, 4) is 0 Å². The minimum Gasteiger partial charge on any atom is -0.350 e. The molecule has 2 heterocycles. The van der Waals surface area contributed by atoms with Crippen LogP contribution in [0.3, 0.4) is 0 Å². The Morgan fingerprint density at radius 1 is 1.14 bits per heavy atom. The topological polar surface area (TPSA) is 96.3 Å². The summed E-state index contributed by atoms with van der Waals surface area (Å²) in [6, 6.07) is 14.7. The molecule has 0 saturated heterocycles. The number of carbonyl (C=O) groups is 3. The number of anilines is 1. The van der Waals surface area contributed by atoms with Gasteiger partial charge in [0.1, 0.15) is 11.2 Å². The SMILES string of the molecule is CCCN1C(=O)c2c(C(=O)Nc3ccccc3Cl)ncn2C[C@]1(C)C(=O)NCc1ccc(C)cc1. The van der Waals surface area contributed by atoms with Crippen LogP contribution in [0.25, 0.3) is 0 Å². The summed E-state index contributed by atoms with van der Waals surface area (Å²) in [5.74, 6) is -1.21. The van der Waals surface area contributed by atoms with Crippen molar-refractivity contribution in [1.29, 1.82) is 0 Å². The molecule has 2 N–H and O–H groups in total. The number of nitrogens with zero attached hydrogens (tertiary/aromatic N) is 3. The molecule has 0 saturated carbocycles. The van der Waals surface area contributed by atoms with E-state index in [1.54, 1.807) is 40.7 Å². The number of fused-ring (bicyclic) bond motifs is 1. The summed E-state index contributed by atoms with van der Waals surface area (Å²) in [5, 5.41) is 6.08. The number of aryl methyl sites for hydroxylation is 1. The molecule has 9 heteroatoms. The van der Waals surface area contributed by atoms with Gasteiger partial charge in [-0.15, -0.1) is 0 Å². The minimum atomic E-state index is -1.14. The first-order chi connectivity index (χ1) is 16.7. The third-order valence-electron chi connectivity index (χ3n) is 6.21. The highest BCUT2D eigenvalue weighted by Gasteiger charge is 2.48. The molecule has 0 unspecified atom stereocenters. The largest absolute Gasteiger partial charge is 0.350 e. The fourth-order valence-corrected chi connectivity index (χ4v) is 4.43. The molecule has 3 amide bonds. The third kappa shape index (κ3) is 4.79. The molecule has 8 nitrogen and oxygen atoms in total. The highest BCUT2D eigenvalue weighted by atomic mass is 35.5. The van der Waals surface area contributed by atoms with Gasteiger partial charge in [0.05, 0.1) is 23.6 Å².